The van der Waals surface area contributed by atoms with E-state index in [0.717, 1.165) is 25.5 Å². The van der Waals surface area contributed by atoms with Gasteiger partial charge in [-0.15, -0.1) is 0 Å². The smallest absolute Gasteiger partial charge is 0.192 e. The van der Waals surface area contributed by atoms with Crippen LogP contribution in [-0.2, 0) is 0 Å². The lowest BCUT2D eigenvalue weighted by molar-refractivity contribution is 0.355. The van der Waals surface area contributed by atoms with Crippen molar-refractivity contribution in [2.24, 2.45) is 16.1 Å². The van der Waals surface area contributed by atoms with E-state index in [0.29, 0.717) is 0 Å². The molecule has 0 aliphatic carbocycles. The molecule has 130 valence electrons. The second-order valence-electron chi connectivity index (χ2n) is 7.55. The first-order valence-corrected chi connectivity index (χ1v) is 9.34. The average molecular weight is 311 g/mol. The predicted molar refractivity (Wildman–Crippen MR) is 97.0 cm³/mol. The molecule has 1 aliphatic rings. The number of nitrogens with one attached hydrogen (secondary N) is 2. The van der Waals surface area contributed by atoms with Gasteiger partial charge >= 0.3 is 0 Å². The molecule has 4 N–H and O–H groups in total. The minimum Gasteiger partial charge on any atom is -0.356 e. The molecule has 1 rings (SSSR count). The van der Waals surface area contributed by atoms with Crippen molar-refractivity contribution in [3.63, 3.8) is 0 Å². The Morgan fingerprint density at radius 3 is 2.23 bits per heavy atom. The highest BCUT2D eigenvalue weighted by molar-refractivity contribution is 5.80. The van der Waals surface area contributed by atoms with Crippen LogP contribution in [0.4, 0.5) is 0 Å². The molecular weight excluding hydrogens is 272 g/mol. The number of aliphatic imine (C=N–C) groups is 1. The summed E-state index contributed by atoms with van der Waals surface area (Å²) < 4.78 is 0. The third-order valence-electron chi connectivity index (χ3n) is 4.34. The van der Waals surface area contributed by atoms with Gasteiger partial charge in [-0.3, -0.25) is 4.99 Å². The summed E-state index contributed by atoms with van der Waals surface area (Å²) in [6.07, 6.45) is 13.3. The van der Waals surface area contributed by atoms with E-state index in [2.05, 4.69) is 36.4 Å². The Bertz CT molecular complexity index is 312. The van der Waals surface area contributed by atoms with E-state index in [9.17, 15) is 0 Å². The molecule has 0 amide bonds. The molecular formula is C18H38N4. The van der Waals surface area contributed by atoms with Crippen molar-refractivity contribution >= 4 is 5.96 Å². The molecule has 22 heavy (non-hydrogen) atoms. The summed E-state index contributed by atoms with van der Waals surface area (Å²) in [4.78, 5) is 4.53. The van der Waals surface area contributed by atoms with Gasteiger partial charge in [0.25, 0.3) is 0 Å². The number of hydrogen-bond donors (Lipinski definition) is 3. The fourth-order valence-corrected chi connectivity index (χ4v) is 2.75. The van der Waals surface area contributed by atoms with Gasteiger partial charge in [0.05, 0.1) is 6.17 Å². The lowest BCUT2D eigenvalue weighted by Gasteiger charge is -2.30. The third-order valence-corrected chi connectivity index (χ3v) is 4.34. The van der Waals surface area contributed by atoms with Gasteiger partial charge in [-0.2, -0.15) is 0 Å². The zero-order chi connectivity index (χ0) is 16.3. The fraction of sp³-hybridized carbons (Fsp3) is 0.944. The lowest BCUT2D eigenvalue weighted by Crippen LogP contribution is -2.52. The average Bonchev–Trinajstić information content (AvgIpc) is 2.48. The fourth-order valence-electron chi connectivity index (χ4n) is 2.75. The molecule has 1 unspecified atom stereocenters. The molecule has 4 heteroatoms. The summed E-state index contributed by atoms with van der Waals surface area (Å²) in [5, 5.41) is 6.63. The Morgan fingerprint density at radius 2 is 1.68 bits per heavy atom. The van der Waals surface area contributed by atoms with E-state index in [-0.39, 0.29) is 11.6 Å². The molecule has 0 bridgehead atoms. The Kier molecular flexibility index (Phi) is 9.53. The summed E-state index contributed by atoms with van der Waals surface area (Å²) in [7, 11) is 0. The zero-order valence-electron chi connectivity index (χ0n) is 15.1. The maximum absolute atomic E-state index is 6.14. The normalized spacial score (nSPS) is 18.5. The van der Waals surface area contributed by atoms with Gasteiger partial charge in [0, 0.05) is 18.5 Å². The van der Waals surface area contributed by atoms with Gasteiger partial charge < -0.3 is 16.4 Å². The summed E-state index contributed by atoms with van der Waals surface area (Å²) in [6, 6.07) is 0. The molecule has 4 nitrogen and oxygen atoms in total. The van der Waals surface area contributed by atoms with E-state index < -0.39 is 0 Å². The molecule has 0 saturated carbocycles. The van der Waals surface area contributed by atoms with Crippen molar-refractivity contribution in [2.75, 3.05) is 13.1 Å². The molecule has 0 fully saturated rings. The number of nitrogens with zero attached hydrogens (tertiary/aromatic N) is 1. The first-order valence-electron chi connectivity index (χ1n) is 9.34. The van der Waals surface area contributed by atoms with Crippen molar-refractivity contribution in [2.45, 2.75) is 91.1 Å². The Labute approximate surface area is 137 Å². The predicted octanol–water partition coefficient (Wildman–Crippen LogP) is 3.77. The van der Waals surface area contributed by atoms with Gasteiger partial charge in [0.1, 0.15) is 0 Å². The van der Waals surface area contributed by atoms with Crippen LogP contribution >= 0.6 is 0 Å². The molecule has 1 aliphatic heterocycles. The highest BCUT2D eigenvalue weighted by Gasteiger charge is 2.22. The van der Waals surface area contributed by atoms with Gasteiger partial charge in [-0.25, -0.2) is 0 Å². The minimum absolute atomic E-state index is 0.0250. The standard InChI is InChI=1S/C18H38N4/c1-4-5-6-7-8-9-10-11-12-13-16(19)22-17-20-14-18(2,3)15-21-17/h16H,4-15,19H2,1-3H3,(H2,20,21,22). The van der Waals surface area contributed by atoms with E-state index in [1.54, 1.807) is 0 Å². The van der Waals surface area contributed by atoms with Crippen molar-refractivity contribution in [1.29, 1.82) is 0 Å². The number of guanidine groups is 1. The second kappa shape index (κ2) is 10.9. The van der Waals surface area contributed by atoms with E-state index in [1.165, 1.54) is 57.8 Å². The first-order chi connectivity index (χ1) is 10.5. The monoisotopic (exact) mass is 310 g/mol. The van der Waals surface area contributed by atoms with Crippen LogP contribution < -0.4 is 16.4 Å². The van der Waals surface area contributed by atoms with Crippen LogP contribution in [0.15, 0.2) is 4.99 Å². The van der Waals surface area contributed by atoms with Gasteiger partial charge in [-0.05, 0) is 6.42 Å². The molecule has 0 saturated heterocycles. The number of unbranched alkanes of at least 4 members (excludes halogenated alkanes) is 8. The van der Waals surface area contributed by atoms with Crippen molar-refractivity contribution in [3.05, 3.63) is 0 Å². The number of rotatable bonds is 11. The largest absolute Gasteiger partial charge is 0.356 e. The number of nitrogens with two attached hydrogens (primary N) is 1. The van der Waals surface area contributed by atoms with Crippen molar-refractivity contribution in [1.82, 2.24) is 10.6 Å². The molecule has 0 radical (unpaired) electrons. The third kappa shape index (κ3) is 9.29. The van der Waals surface area contributed by atoms with E-state index in [1.807, 2.05) is 0 Å². The summed E-state index contributed by atoms with van der Waals surface area (Å²) in [6.45, 7) is 8.55. The highest BCUT2D eigenvalue weighted by Crippen LogP contribution is 2.16. The van der Waals surface area contributed by atoms with Crippen LogP contribution in [0.25, 0.3) is 0 Å². The maximum atomic E-state index is 6.14. The molecule has 1 heterocycles. The Balaban J connectivity index is 1.96. The molecule has 1 atom stereocenters. The SMILES string of the molecule is CCCCCCCCCCCC(N)NC1=NCC(C)(C)CN1. The van der Waals surface area contributed by atoms with Gasteiger partial charge in [0.2, 0.25) is 0 Å². The van der Waals surface area contributed by atoms with E-state index >= 15 is 0 Å². The molecule has 0 aromatic rings. The van der Waals surface area contributed by atoms with E-state index in [4.69, 9.17) is 5.73 Å². The maximum Gasteiger partial charge on any atom is 0.192 e. The van der Waals surface area contributed by atoms with Crippen LogP contribution in [0.2, 0.25) is 0 Å². The van der Waals surface area contributed by atoms with Crippen LogP contribution in [0.5, 0.6) is 0 Å². The molecule has 0 aromatic carbocycles. The summed E-state index contributed by atoms with van der Waals surface area (Å²) >= 11 is 0. The quantitative estimate of drug-likeness (QED) is 0.402. The van der Waals surface area contributed by atoms with Gasteiger partial charge in [0.15, 0.2) is 5.96 Å². The van der Waals surface area contributed by atoms with Crippen LogP contribution in [0.3, 0.4) is 0 Å². The first kappa shape index (κ1) is 19.3. The lowest BCUT2D eigenvalue weighted by atomic mass is 9.93. The van der Waals surface area contributed by atoms with Gasteiger partial charge in [-0.1, -0.05) is 78.6 Å². The second-order valence-corrected chi connectivity index (χ2v) is 7.55. The van der Waals surface area contributed by atoms with Crippen molar-refractivity contribution in [3.8, 4) is 0 Å². The number of hydrogen-bond acceptors (Lipinski definition) is 4. The van der Waals surface area contributed by atoms with Crippen LogP contribution in [0, 0.1) is 5.41 Å². The molecule has 0 spiro atoms. The van der Waals surface area contributed by atoms with Crippen molar-refractivity contribution < 1.29 is 0 Å². The van der Waals surface area contributed by atoms with Crippen LogP contribution in [-0.4, -0.2) is 25.2 Å². The zero-order valence-corrected chi connectivity index (χ0v) is 15.1. The molecule has 0 aromatic heterocycles. The van der Waals surface area contributed by atoms with Crippen LogP contribution in [0.1, 0.15) is 85.0 Å². The minimum atomic E-state index is 0.0250. The highest BCUT2D eigenvalue weighted by atomic mass is 15.2. The summed E-state index contributed by atoms with van der Waals surface area (Å²) in [5.41, 5.74) is 6.39. The Morgan fingerprint density at radius 1 is 1.09 bits per heavy atom. The Hall–Kier alpha value is -0.770. The summed E-state index contributed by atoms with van der Waals surface area (Å²) in [5.74, 6) is 0.878. The topological polar surface area (TPSA) is 62.4 Å².